The third-order valence-electron chi connectivity index (χ3n) is 4.60. The summed E-state index contributed by atoms with van der Waals surface area (Å²) < 4.78 is 0. The molecule has 0 radical (unpaired) electrons. The van der Waals surface area contributed by atoms with Crippen LogP contribution in [-0.4, -0.2) is 24.3 Å². The van der Waals surface area contributed by atoms with Crippen LogP contribution in [0.4, 0.5) is 0 Å². The molecule has 1 aliphatic carbocycles. The van der Waals surface area contributed by atoms with E-state index in [2.05, 4.69) is 29.2 Å². The van der Waals surface area contributed by atoms with E-state index in [1.54, 1.807) is 0 Å². The quantitative estimate of drug-likeness (QED) is 0.761. The first-order chi connectivity index (χ1) is 8.81. The SMILES string of the molecule is O=CC1(CN2CCc3ccccc3C2)CCCC1. The molecule has 3 rings (SSSR count). The predicted octanol–water partition coefficient (Wildman–Crippen LogP) is 2.80. The van der Waals surface area contributed by atoms with Crippen LogP contribution < -0.4 is 0 Å². The molecule has 0 unspecified atom stereocenters. The summed E-state index contributed by atoms with van der Waals surface area (Å²) in [5.74, 6) is 0. The van der Waals surface area contributed by atoms with Crippen molar-refractivity contribution in [2.45, 2.75) is 38.6 Å². The Bertz CT molecular complexity index is 434. The zero-order valence-corrected chi connectivity index (χ0v) is 10.9. The lowest BCUT2D eigenvalue weighted by molar-refractivity contribution is -0.117. The second-order valence-electron chi connectivity index (χ2n) is 5.92. The third kappa shape index (κ3) is 2.22. The fraction of sp³-hybridized carbons (Fsp3) is 0.562. The van der Waals surface area contributed by atoms with Gasteiger partial charge in [-0.15, -0.1) is 0 Å². The van der Waals surface area contributed by atoms with E-state index in [1.165, 1.54) is 30.3 Å². The van der Waals surface area contributed by atoms with Crippen LogP contribution in [0.15, 0.2) is 24.3 Å². The van der Waals surface area contributed by atoms with Crippen molar-refractivity contribution in [1.29, 1.82) is 0 Å². The molecule has 0 N–H and O–H groups in total. The highest BCUT2D eigenvalue weighted by Crippen LogP contribution is 2.37. The summed E-state index contributed by atoms with van der Waals surface area (Å²) in [5.41, 5.74) is 2.90. The average molecular weight is 243 g/mol. The van der Waals surface area contributed by atoms with Gasteiger partial charge in [0.15, 0.2) is 0 Å². The maximum absolute atomic E-state index is 11.4. The number of hydrogen-bond acceptors (Lipinski definition) is 2. The minimum Gasteiger partial charge on any atom is -0.303 e. The molecule has 1 aliphatic heterocycles. The van der Waals surface area contributed by atoms with Gasteiger partial charge in [-0.25, -0.2) is 0 Å². The van der Waals surface area contributed by atoms with Crippen molar-refractivity contribution in [2.75, 3.05) is 13.1 Å². The van der Waals surface area contributed by atoms with Gasteiger partial charge in [0.2, 0.25) is 0 Å². The molecule has 1 heterocycles. The second kappa shape index (κ2) is 4.85. The Morgan fingerprint density at radius 1 is 1.17 bits per heavy atom. The maximum atomic E-state index is 11.4. The normalized spacial score (nSPS) is 22.7. The highest BCUT2D eigenvalue weighted by Gasteiger charge is 2.35. The number of rotatable bonds is 3. The predicted molar refractivity (Wildman–Crippen MR) is 72.4 cm³/mol. The Hall–Kier alpha value is -1.15. The lowest BCUT2D eigenvalue weighted by Crippen LogP contribution is -2.40. The van der Waals surface area contributed by atoms with Crippen molar-refractivity contribution in [3.05, 3.63) is 35.4 Å². The first-order valence-electron chi connectivity index (χ1n) is 7.07. The van der Waals surface area contributed by atoms with Crippen molar-refractivity contribution in [1.82, 2.24) is 4.90 Å². The van der Waals surface area contributed by atoms with Crippen molar-refractivity contribution in [3.63, 3.8) is 0 Å². The summed E-state index contributed by atoms with van der Waals surface area (Å²) in [6, 6.07) is 8.70. The molecule has 2 nitrogen and oxygen atoms in total. The largest absolute Gasteiger partial charge is 0.303 e. The van der Waals surface area contributed by atoms with E-state index in [-0.39, 0.29) is 5.41 Å². The summed E-state index contributed by atoms with van der Waals surface area (Å²) in [6.07, 6.45) is 7.00. The number of benzene rings is 1. The highest BCUT2D eigenvalue weighted by atomic mass is 16.1. The van der Waals surface area contributed by atoms with Crippen LogP contribution in [0, 0.1) is 5.41 Å². The standard InChI is InChI=1S/C16H21NO/c18-13-16(8-3-4-9-16)12-17-10-7-14-5-1-2-6-15(14)11-17/h1-2,5-6,13H,3-4,7-12H2. The minimum atomic E-state index is -0.0354. The molecule has 0 spiro atoms. The summed E-state index contributed by atoms with van der Waals surface area (Å²) in [6.45, 7) is 3.09. The summed E-state index contributed by atoms with van der Waals surface area (Å²) in [4.78, 5) is 13.9. The number of aldehydes is 1. The van der Waals surface area contributed by atoms with Crippen molar-refractivity contribution >= 4 is 6.29 Å². The molecule has 0 atom stereocenters. The molecule has 1 fully saturated rings. The van der Waals surface area contributed by atoms with E-state index in [0.29, 0.717) is 0 Å². The van der Waals surface area contributed by atoms with Crippen LogP contribution in [0.25, 0.3) is 0 Å². The van der Waals surface area contributed by atoms with Crippen molar-refractivity contribution in [2.24, 2.45) is 5.41 Å². The Morgan fingerprint density at radius 3 is 2.61 bits per heavy atom. The van der Waals surface area contributed by atoms with Gasteiger partial charge in [-0.1, -0.05) is 37.1 Å². The van der Waals surface area contributed by atoms with Crippen LogP contribution in [0.5, 0.6) is 0 Å². The number of hydrogen-bond donors (Lipinski definition) is 0. The molecule has 1 saturated carbocycles. The summed E-state index contributed by atoms with van der Waals surface area (Å²) >= 11 is 0. The van der Waals surface area contributed by atoms with Gasteiger partial charge >= 0.3 is 0 Å². The highest BCUT2D eigenvalue weighted by molar-refractivity contribution is 5.60. The summed E-state index contributed by atoms with van der Waals surface area (Å²) in [7, 11) is 0. The maximum Gasteiger partial charge on any atom is 0.127 e. The van der Waals surface area contributed by atoms with E-state index in [1.807, 2.05) is 0 Å². The molecule has 0 amide bonds. The average Bonchev–Trinajstić information content (AvgIpc) is 2.88. The van der Waals surface area contributed by atoms with E-state index in [9.17, 15) is 4.79 Å². The molecule has 0 saturated heterocycles. The zero-order chi connectivity index (χ0) is 12.4. The zero-order valence-electron chi connectivity index (χ0n) is 10.9. The molecular weight excluding hydrogens is 222 g/mol. The van der Waals surface area contributed by atoms with Gasteiger partial charge in [-0.2, -0.15) is 0 Å². The van der Waals surface area contributed by atoms with Crippen molar-refractivity contribution < 1.29 is 4.79 Å². The fourth-order valence-corrected chi connectivity index (χ4v) is 3.53. The Labute approximate surface area is 109 Å². The van der Waals surface area contributed by atoms with E-state index in [0.717, 1.165) is 38.9 Å². The van der Waals surface area contributed by atoms with Crippen LogP contribution in [-0.2, 0) is 17.8 Å². The Balaban J connectivity index is 1.71. The molecule has 96 valence electrons. The van der Waals surface area contributed by atoms with Crippen LogP contribution >= 0.6 is 0 Å². The van der Waals surface area contributed by atoms with E-state index in [4.69, 9.17) is 0 Å². The molecule has 0 aromatic heterocycles. The molecule has 1 aromatic carbocycles. The molecule has 2 heteroatoms. The monoisotopic (exact) mass is 243 g/mol. The minimum absolute atomic E-state index is 0.0354. The molecule has 18 heavy (non-hydrogen) atoms. The van der Waals surface area contributed by atoms with Gasteiger partial charge in [0.05, 0.1) is 0 Å². The van der Waals surface area contributed by atoms with Gasteiger partial charge in [0.25, 0.3) is 0 Å². The van der Waals surface area contributed by atoms with Gasteiger partial charge < -0.3 is 4.79 Å². The second-order valence-corrected chi connectivity index (χ2v) is 5.92. The van der Waals surface area contributed by atoms with E-state index >= 15 is 0 Å². The van der Waals surface area contributed by atoms with Gasteiger partial charge in [0.1, 0.15) is 6.29 Å². The Kier molecular flexibility index (Phi) is 3.21. The molecule has 1 aromatic rings. The third-order valence-corrected chi connectivity index (χ3v) is 4.60. The van der Waals surface area contributed by atoms with Crippen LogP contribution in [0.2, 0.25) is 0 Å². The fourth-order valence-electron chi connectivity index (χ4n) is 3.53. The van der Waals surface area contributed by atoms with Crippen LogP contribution in [0.1, 0.15) is 36.8 Å². The summed E-state index contributed by atoms with van der Waals surface area (Å²) in [5, 5.41) is 0. The van der Waals surface area contributed by atoms with Crippen LogP contribution in [0.3, 0.4) is 0 Å². The lowest BCUT2D eigenvalue weighted by Gasteiger charge is -2.34. The number of nitrogens with zero attached hydrogens (tertiary/aromatic N) is 1. The van der Waals surface area contributed by atoms with Gasteiger partial charge in [-0.05, 0) is 30.4 Å². The first kappa shape index (κ1) is 11.9. The van der Waals surface area contributed by atoms with Gasteiger partial charge in [0, 0.05) is 25.0 Å². The molecular formula is C16H21NO. The number of carbonyl (C=O) groups is 1. The van der Waals surface area contributed by atoms with Crippen molar-refractivity contribution in [3.8, 4) is 0 Å². The smallest absolute Gasteiger partial charge is 0.127 e. The lowest BCUT2D eigenvalue weighted by atomic mass is 9.86. The molecule has 2 aliphatic rings. The van der Waals surface area contributed by atoms with E-state index < -0.39 is 0 Å². The molecule has 0 bridgehead atoms. The topological polar surface area (TPSA) is 20.3 Å². The first-order valence-corrected chi connectivity index (χ1v) is 7.07. The van der Waals surface area contributed by atoms with Gasteiger partial charge in [-0.3, -0.25) is 4.90 Å². The Morgan fingerprint density at radius 2 is 1.89 bits per heavy atom. The number of carbonyl (C=O) groups excluding carboxylic acids is 1. The number of fused-ring (bicyclic) bond motifs is 1.